The maximum absolute atomic E-state index is 12.0. The topological polar surface area (TPSA) is 52.6 Å². The second-order valence-corrected chi connectivity index (χ2v) is 5.01. The van der Waals surface area contributed by atoms with Gasteiger partial charge in [0.25, 0.3) is 0 Å². The van der Waals surface area contributed by atoms with Gasteiger partial charge in [-0.15, -0.1) is 0 Å². The summed E-state index contributed by atoms with van der Waals surface area (Å²) < 4.78 is 0. The Bertz CT molecular complexity index is 408. The summed E-state index contributed by atoms with van der Waals surface area (Å²) in [5, 5.41) is 8.94. The van der Waals surface area contributed by atoms with Crippen molar-refractivity contribution in [2.75, 3.05) is 6.54 Å². The van der Waals surface area contributed by atoms with Crippen LogP contribution in [0.5, 0.6) is 0 Å². The van der Waals surface area contributed by atoms with E-state index >= 15 is 0 Å². The van der Waals surface area contributed by atoms with Gasteiger partial charge >= 0.3 is 0 Å². The molecule has 2 rings (SSSR count). The number of likely N-dealkylation sites (tertiary alicyclic amines) is 1. The molecule has 1 aromatic carbocycles. The number of amides is 1. The lowest BCUT2D eigenvalue weighted by Gasteiger charge is -2.26. The van der Waals surface area contributed by atoms with E-state index in [1.807, 2.05) is 49.1 Å². The average Bonchev–Trinajstić information content (AvgIpc) is 2.80. The standard InChI is InChI=1S/C14H20N2O2/c1-10(15-18)13-8-14(17)16(9-13)11(2)12-6-4-3-5-7-12/h3-7,10-11,13,15,18H,8-9H2,1-2H3/t10?,11-,13+/m1/s1. The summed E-state index contributed by atoms with van der Waals surface area (Å²) >= 11 is 0. The summed E-state index contributed by atoms with van der Waals surface area (Å²) in [5.74, 6) is 0.340. The molecule has 0 aliphatic carbocycles. The first kappa shape index (κ1) is 13.1. The normalized spacial score (nSPS) is 23.2. The number of nitrogens with one attached hydrogen (secondary N) is 1. The summed E-state index contributed by atoms with van der Waals surface area (Å²) in [6.07, 6.45) is 0.506. The lowest BCUT2D eigenvalue weighted by Crippen LogP contribution is -2.34. The van der Waals surface area contributed by atoms with E-state index in [0.29, 0.717) is 13.0 Å². The van der Waals surface area contributed by atoms with Crippen molar-refractivity contribution in [3.05, 3.63) is 35.9 Å². The number of carbonyl (C=O) groups is 1. The van der Waals surface area contributed by atoms with Crippen molar-refractivity contribution in [2.45, 2.75) is 32.4 Å². The summed E-state index contributed by atoms with van der Waals surface area (Å²) in [5.41, 5.74) is 3.40. The first-order chi connectivity index (χ1) is 8.63. The Labute approximate surface area is 108 Å². The second-order valence-electron chi connectivity index (χ2n) is 5.01. The minimum Gasteiger partial charge on any atom is -0.336 e. The Morgan fingerprint density at radius 2 is 2.00 bits per heavy atom. The van der Waals surface area contributed by atoms with Crippen molar-refractivity contribution < 1.29 is 10.0 Å². The molecule has 98 valence electrons. The van der Waals surface area contributed by atoms with Crippen LogP contribution in [0.3, 0.4) is 0 Å². The third kappa shape index (κ3) is 2.54. The fraction of sp³-hybridized carbons (Fsp3) is 0.500. The molecule has 1 heterocycles. The number of hydrogen-bond acceptors (Lipinski definition) is 3. The van der Waals surface area contributed by atoms with E-state index in [4.69, 9.17) is 5.21 Å². The molecule has 1 saturated heterocycles. The molecule has 1 aliphatic rings. The lowest BCUT2D eigenvalue weighted by atomic mass is 10.0. The van der Waals surface area contributed by atoms with Crippen LogP contribution in [0.25, 0.3) is 0 Å². The highest BCUT2D eigenvalue weighted by Crippen LogP contribution is 2.29. The van der Waals surface area contributed by atoms with Crippen molar-refractivity contribution in [1.82, 2.24) is 10.4 Å². The Morgan fingerprint density at radius 3 is 2.61 bits per heavy atom. The molecule has 0 spiro atoms. The van der Waals surface area contributed by atoms with E-state index in [1.165, 1.54) is 0 Å². The molecule has 3 atom stereocenters. The van der Waals surface area contributed by atoms with Crippen LogP contribution >= 0.6 is 0 Å². The van der Waals surface area contributed by atoms with Gasteiger partial charge in [0.05, 0.1) is 6.04 Å². The van der Waals surface area contributed by atoms with Gasteiger partial charge in [-0.05, 0) is 19.4 Å². The number of hydrogen-bond donors (Lipinski definition) is 2. The molecule has 1 fully saturated rings. The van der Waals surface area contributed by atoms with E-state index in [2.05, 4.69) is 5.48 Å². The molecule has 0 radical (unpaired) electrons. The number of carbonyl (C=O) groups excluding carboxylic acids is 1. The van der Waals surface area contributed by atoms with Crippen LogP contribution in [0.1, 0.15) is 31.9 Å². The predicted octanol–water partition coefficient (Wildman–Crippen LogP) is 1.96. The van der Waals surface area contributed by atoms with Gasteiger partial charge < -0.3 is 10.1 Å². The Kier molecular flexibility index (Phi) is 3.99. The molecule has 1 aromatic rings. The number of nitrogens with zero attached hydrogens (tertiary/aromatic N) is 1. The minimum absolute atomic E-state index is 0.0538. The quantitative estimate of drug-likeness (QED) is 0.801. The highest BCUT2D eigenvalue weighted by atomic mass is 16.5. The van der Waals surface area contributed by atoms with E-state index < -0.39 is 0 Å². The number of benzene rings is 1. The van der Waals surface area contributed by atoms with Crippen LogP contribution in [-0.4, -0.2) is 28.6 Å². The van der Waals surface area contributed by atoms with Crippen molar-refractivity contribution in [2.24, 2.45) is 5.92 Å². The van der Waals surface area contributed by atoms with Crippen LogP contribution in [0.15, 0.2) is 30.3 Å². The third-order valence-electron chi connectivity index (χ3n) is 3.85. The van der Waals surface area contributed by atoms with Gasteiger partial charge in [0.15, 0.2) is 0 Å². The molecule has 0 bridgehead atoms. The zero-order valence-electron chi connectivity index (χ0n) is 10.8. The van der Waals surface area contributed by atoms with Crippen LogP contribution in [0.4, 0.5) is 0 Å². The molecule has 4 nitrogen and oxygen atoms in total. The van der Waals surface area contributed by atoms with E-state index in [-0.39, 0.29) is 23.9 Å². The smallest absolute Gasteiger partial charge is 0.223 e. The molecule has 18 heavy (non-hydrogen) atoms. The average molecular weight is 248 g/mol. The first-order valence-electron chi connectivity index (χ1n) is 6.37. The van der Waals surface area contributed by atoms with Gasteiger partial charge in [-0.25, -0.2) is 5.48 Å². The predicted molar refractivity (Wildman–Crippen MR) is 69.1 cm³/mol. The zero-order chi connectivity index (χ0) is 13.1. The molecular weight excluding hydrogens is 228 g/mol. The number of rotatable bonds is 4. The summed E-state index contributed by atoms with van der Waals surface area (Å²) in [7, 11) is 0. The van der Waals surface area contributed by atoms with Gasteiger partial charge in [-0.2, -0.15) is 0 Å². The molecule has 0 aromatic heterocycles. The van der Waals surface area contributed by atoms with Gasteiger partial charge in [-0.3, -0.25) is 4.79 Å². The fourth-order valence-corrected chi connectivity index (χ4v) is 2.49. The summed E-state index contributed by atoms with van der Waals surface area (Å²) in [6, 6.07) is 10.1. The van der Waals surface area contributed by atoms with Crippen molar-refractivity contribution >= 4 is 5.91 Å². The van der Waals surface area contributed by atoms with E-state index in [0.717, 1.165) is 5.56 Å². The molecule has 2 N–H and O–H groups in total. The maximum Gasteiger partial charge on any atom is 0.223 e. The summed E-state index contributed by atoms with van der Waals surface area (Å²) in [6.45, 7) is 4.64. The Balaban J connectivity index is 2.08. The third-order valence-corrected chi connectivity index (χ3v) is 3.85. The zero-order valence-corrected chi connectivity index (χ0v) is 10.8. The minimum atomic E-state index is -0.0538. The molecule has 1 aliphatic heterocycles. The Morgan fingerprint density at radius 1 is 1.33 bits per heavy atom. The number of hydroxylamine groups is 1. The van der Waals surface area contributed by atoms with E-state index in [9.17, 15) is 4.79 Å². The highest BCUT2D eigenvalue weighted by molar-refractivity contribution is 5.79. The SMILES string of the molecule is CC(NO)[C@H]1CC(=O)N([C@H](C)c2ccccc2)C1. The molecule has 4 heteroatoms. The van der Waals surface area contributed by atoms with Gasteiger partial charge in [0, 0.05) is 24.9 Å². The second kappa shape index (κ2) is 5.50. The van der Waals surface area contributed by atoms with Crippen molar-refractivity contribution in [3.63, 3.8) is 0 Å². The largest absolute Gasteiger partial charge is 0.336 e. The molecule has 1 unspecified atom stereocenters. The van der Waals surface area contributed by atoms with Crippen LogP contribution in [0, 0.1) is 5.92 Å². The maximum atomic E-state index is 12.0. The van der Waals surface area contributed by atoms with Crippen molar-refractivity contribution in [3.8, 4) is 0 Å². The lowest BCUT2D eigenvalue weighted by molar-refractivity contribution is -0.129. The van der Waals surface area contributed by atoms with Gasteiger partial charge in [0.1, 0.15) is 0 Å². The van der Waals surface area contributed by atoms with Crippen LogP contribution in [0.2, 0.25) is 0 Å². The van der Waals surface area contributed by atoms with Gasteiger partial charge in [-0.1, -0.05) is 30.3 Å². The molecule has 0 saturated carbocycles. The monoisotopic (exact) mass is 248 g/mol. The Hall–Kier alpha value is -1.39. The van der Waals surface area contributed by atoms with E-state index in [1.54, 1.807) is 0 Å². The van der Waals surface area contributed by atoms with Crippen molar-refractivity contribution in [1.29, 1.82) is 0 Å². The van der Waals surface area contributed by atoms with Crippen LogP contribution < -0.4 is 5.48 Å². The molecular formula is C14H20N2O2. The molecule has 1 amide bonds. The first-order valence-corrected chi connectivity index (χ1v) is 6.37. The highest BCUT2D eigenvalue weighted by Gasteiger charge is 2.35. The fourth-order valence-electron chi connectivity index (χ4n) is 2.49. The van der Waals surface area contributed by atoms with Crippen LogP contribution in [-0.2, 0) is 4.79 Å². The van der Waals surface area contributed by atoms with Gasteiger partial charge in [0.2, 0.25) is 5.91 Å². The summed E-state index contributed by atoms with van der Waals surface area (Å²) in [4.78, 5) is 13.9.